The standard InChI is InChI=1S/C26H22N6O8S2/c1-2-32-23(33)20-12-7-17(14-21(20)24(32)34)28-26-30-22(13-15-3-8-18(9-4-15)41(35,36)37)29-25(31-26)27-16-5-10-19(11-6-16)42(38,39)40/h3-12,14H,2,13H2,1H3,(H,35,36,37)(H,38,39,40)(H2,27,28,29,30,31). The molecule has 0 saturated carbocycles. The summed E-state index contributed by atoms with van der Waals surface area (Å²) in [6, 6.07) is 15.3. The number of anilines is 4. The lowest BCUT2D eigenvalue weighted by Crippen LogP contribution is -2.29. The minimum absolute atomic E-state index is 0.0567. The fraction of sp³-hybridized carbons (Fsp3) is 0.115. The van der Waals surface area contributed by atoms with Crippen LogP contribution in [0.5, 0.6) is 0 Å². The Balaban J connectivity index is 1.47. The molecule has 0 radical (unpaired) electrons. The van der Waals surface area contributed by atoms with Gasteiger partial charge in [0, 0.05) is 24.3 Å². The van der Waals surface area contributed by atoms with E-state index in [2.05, 4.69) is 25.6 Å². The molecule has 4 aromatic rings. The fourth-order valence-corrected chi connectivity index (χ4v) is 5.16. The van der Waals surface area contributed by atoms with Crippen LogP contribution in [0.4, 0.5) is 23.3 Å². The van der Waals surface area contributed by atoms with Crippen molar-refractivity contribution in [1.29, 1.82) is 0 Å². The molecule has 14 nitrogen and oxygen atoms in total. The van der Waals surface area contributed by atoms with Gasteiger partial charge < -0.3 is 10.6 Å². The molecule has 0 spiro atoms. The molecule has 4 N–H and O–H groups in total. The summed E-state index contributed by atoms with van der Waals surface area (Å²) < 4.78 is 63.9. The van der Waals surface area contributed by atoms with E-state index in [1.54, 1.807) is 13.0 Å². The Morgan fingerprint density at radius 1 is 0.690 bits per heavy atom. The number of carbonyl (C=O) groups is 2. The van der Waals surface area contributed by atoms with E-state index in [9.17, 15) is 35.5 Å². The zero-order valence-electron chi connectivity index (χ0n) is 21.7. The van der Waals surface area contributed by atoms with Crippen LogP contribution in [0.2, 0.25) is 0 Å². The molecule has 1 aliphatic heterocycles. The number of amides is 2. The normalized spacial score (nSPS) is 13.3. The number of nitrogens with zero attached hydrogens (tertiary/aromatic N) is 4. The van der Waals surface area contributed by atoms with E-state index in [1.807, 2.05) is 0 Å². The monoisotopic (exact) mass is 610 g/mol. The van der Waals surface area contributed by atoms with Crippen LogP contribution < -0.4 is 10.6 Å². The van der Waals surface area contributed by atoms with Gasteiger partial charge in [-0.25, -0.2) is 0 Å². The number of fused-ring (bicyclic) bond motifs is 1. The third kappa shape index (κ3) is 6.10. The van der Waals surface area contributed by atoms with Crippen molar-refractivity contribution in [2.45, 2.75) is 23.1 Å². The number of rotatable bonds is 9. The third-order valence-electron chi connectivity index (χ3n) is 6.22. The molecule has 16 heteroatoms. The summed E-state index contributed by atoms with van der Waals surface area (Å²) >= 11 is 0. The molecule has 3 aromatic carbocycles. The Morgan fingerprint density at radius 2 is 1.19 bits per heavy atom. The SMILES string of the molecule is CCN1C(=O)c2ccc(Nc3nc(Cc4ccc(S(=O)(=O)O)cc4)nc(Nc4ccc(S(=O)(=O)O)cc4)n3)cc2C1=O. The summed E-state index contributed by atoms with van der Waals surface area (Å²) in [5, 5.41) is 5.94. The van der Waals surface area contributed by atoms with Gasteiger partial charge in [0.2, 0.25) is 11.9 Å². The molecule has 2 heterocycles. The first-order chi connectivity index (χ1) is 19.8. The van der Waals surface area contributed by atoms with Gasteiger partial charge in [0.05, 0.1) is 20.9 Å². The summed E-state index contributed by atoms with van der Waals surface area (Å²) in [7, 11) is -8.75. The van der Waals surface area contributed by atoms with Gasteiger partial charge in [0.15, 0.2) is 0 Å². The maximum atomic E-state index is 12.6. The maximum Gasteiger partial charge on any atom is 0.294 e. The molecule has 0 aliphatic carbocycles. The van der Waals surface area contributed by atoms with E-state index in [4.69, 9.17) is 0 Å². The molecule has 216 valence electrons. The minimum Gasteiger partial charge on any atom is -0.324 e. The van der Waals surface area contributed by atoms with Crippen LogP contribution >= 0.6 is 0 Å². The molecule has 0 atom stereocenters. The first kappa shape index (κ1) is 28.7. The number of hydrogen-bond acceptors (Lipinski definition) is 11. The zero-order chi connectivity index (χ0) is 30.2. The number of aromatic nitrogens is 3. The smallest absolute Gasteiger partial charge is 0.294 e. The van der Waals surface area contributed by atoms with E-state index >= 15 is 0 Å². The van der Waals surface area contributed by atoms with Gasteiger partial charge in [0.25, 0.3) is 32.1 Å². The first-order valence-electron chi connectivity index (χ1n) is 12.2. The Bertz CT molecular complexity index is 1840. The quantitative estimate of drug-likeness (QED) is 0.159. The number of imide groups is 1. The molecule has 42 heavy (non-hydrogen) atoms. The summed E-state index contributed by atoms with van der Waals surface area (Å²) in [4.78, 5) is 38.8. The molecule has 2 amide bonds. The second kappa shape index (κ2) is 10.9. The van der Waals surface area contributed by atoms with Crippen LogP contribution in [0.3, 0.4) is 0 Å². The largest absolute Gasteiger partial charge is 0.324 e. The van der Waals surface area contributed by atoms with Gasteiger partial charge in [-0.1, -0.05) is 12.1 Å². The van der Waals surface area contributed by atoms with E-state index in [0.717, 1.165) is 4.90 Å². The zero-order valence-corrected chi connectivity index (χ0v) is 23.3. The molecule has 1 aliphatic rings. The Hall–Kier alpha value is -4.77. The molecule has 0 unspecified atom stereocenters. The van der Waals surface area contributed by atoms with Crippen LogP contribution in [0.25, 0.3) is 0 Å². The lowest BCUT2D eigenvalue weighted by Gasteiger charge is -2.11. The van der Waals surface area contributed by atoms with Gasteiger partial charge in [-0.15, -0.1) is 0 Å². The topological polar surface area (TPSA) is 209 Å². The van der Waals surface area contributed by atoms with Crippen molar-refractivity contribution < 1.29 is 35.5 Å². The summed E-state index contributed by atoms with van der Waals surface area (Å²) in [5.74, 6) is -0.426. The third-order valence-corrected chi connectivity index (χ3v) is 7.95. The second-order valence-corrected chi connectivity index (χ2v) is 11.9. The van der Waals surface area contributed by atoms with E-state index in [1.165, 1.54) is 60.7 Å². The predicted molar refractivity (Wildman–Crippen MR) is 149 cm³/mol. The van der Waals surface area contributed by atoms with Gasteiger partial charge in [-0.2, -0.15) is 31.8 Å². The van der Waals surface area contributed by atoms with Crippen molar-refractivity contribution in [3.63, 3.8) is 0 Å². The summed E-state index contributed by atoms with van der Waals surface area (Å²) in [6.45, 7) is 1.94. The Labute approximate surface area is 240 Å². The number of benzene rings is 3. The van der Waals surface area contributed by atoms with E-state index < -0.39 is 26.1 Å². The molecule has 0 saturated heterocycles. The molecule has 5 rings (SSSR count). The lowest BCUT2D eigenvalue weighted by molar-refractivity contribution is 0.0662. The second-order valence-electron chi connectivity index (χ2n) is 9.06. The highest BCUT2D eigenvalue weighted by Gasteiger charge is 2.34. The fourth-order valence-electron chi connectivity index (χ4n) is 4.20. The van der Waals surface area contributed by atoms with Crippen LogP contribution in [0.15, 0.2) is 76.5 Å². The number of carbonyl (C=O) groups excluding carboxylic acids is 2. The highest BCUT2D eigenvalue weighted by molar-refractivity contribution is 7.86. The number of hydrogen-bond donors (Lipinski definition) is 4. The van der Waals surface area contributed by atoms with Crippen molar-refractivity contribution in [3.05, 3.63) is 89.2 Å². The highest BCUT2D eigenvalue weighted by atomic mass is 32.2. The average molecular weight is 611 g/mol. The lowest BCUT2D eigenvalue weighted by atomic mass is 10.1. The Morgan fingerprint density at radius 3 is 1.74 bits per heavy atom. The van der Waals surface area contributed by atoms with Crippen LogP contribution in [0, 0.1) is 0 Å². The molecule has 1 aromatic heterocycles. The van der Waals surface area contributed by atoms with Gasteiger partial charge in [-0.3, -0.25) is 23.6 Å². The summed E-state index contributed by atoms with van der Waals surface area (Å²) in [6.07, 6.45) is 0.127. The van der Waals surface area contributed by atoms with E-state index in [-0.39, 0.29) is 57.5 Å². The molecular formula is C26H22N6O8S2. The van der Waals surface area contributed by atoms with Gasteiger partial charge >= 0.3 is 0 Å². The van der Waals surface area contributed by atoms with Gasteiger partial charge in [-0.05, 0) is 67.1 Å². The average Bonchev–Trinajstić information content (AvgIpc) is 3.16. The van der Waals surface area contributed by atoms with Gasteiger partial charge in [0.1, 0.15) is 5.82 Å². The minimum atomic E-state index is -4.38. The molecule has 0 fully saturated rings. The maximum absolute atomic E-state index is 12.6. The predicted octanol–water partition coefficient (Wildman–Crippen LogP) is 3.06. The number of nitrogens with one attached hydrogen (secondary N) is 2. The van der Waals surface area contributed by atoms with Crippen molar-refractivity contribution in [2.24, 2.45) is 0 Å². The van der Waals surface area contributed by atoms with Crippen molar-refractivity contribution in [2.75, 3.05) is 17.2 Å². The van der Waals surface area contributed by atoms with Crippen LogP contribution in [-0.2, 0) is 26.7 Å². The summed E-state index contributed by atoms with van der Waals surface area (Å²) in [5.41, 5.74) is 1.95. The molecular weight excluding hydrogens is 588 g/mol. The van der Waals surface area contributed by atoms with Crippen LogP contribution in [-0.4, -0.2) is 64.2 Å². The van der Waals surface area contributed by atoms with Crippen molar-refractivity contribution >= 4 is 55.3 Å². The van der Waals surface area contributed by atoms with Crippen molar-refractivity contribution in [1.82, 2.24) is 19.9 Å². The molecule has 0 bridgehead atoms. The highest BCUT2D eigenvalue weighted by Crippen LogP contribution is 2.27. The van der Waals surface area contributed by atoms with Crippen molar-refractivity contribution in [3.8, 4) is 0 Å². The first-order valence-corrected chi connectivity index (χ1v) is 15.1. The van der Waals surface area contributed by atoms with E-state index in [0.29, 0.717) is 16.9 Å². The van der Waals surface area contributed by atoms with Crippen LogP contribution in [0.1, 0.15) is 39.0 Å². The Kier molecular flexibility index (Phi) is 7.46.